The summed E-state index contributed by atoms with van der Waals surface area (Å²) < 4.78 is 5.53. The fourth-order valence-electron chi connectivity index (χ4n) is 2.24. The molecule has 112 valence electrons. The van der Waals surface area contributed by atoms with Crippen molar-refractivity contribution in [3.05, 3.63) is 83.9 Å². The van der Waals surface area contributed by atoms with Crippen LogP contribution in [-0.2, 0) is 17.1 Å². The van der Waals surface area contributed by atoms with Crippen molar-refractivity contribution in [3.8, 4) is 11.5 Å². The second-order valence-corrected chi connectivity index (χ2v) is 4.72. The number of phenolic OH excluding ortho intramolecular Hbond substituents is 1. The number of Topliss-reactive ketones (excluding diaryl/α,β-unsaturated/α-hetero) is 1. The molecule has 1 aliphatic rings. The predicted molar refractivity (Wildman–Crippen MR) is 79.9 cm³/mol. The summed E-state index contributed by atoms with van der Waals surface area (Å²) in [4.78, 5) is 12.0. The van der Waals surface area contributed by atoms with Crippen LogP contribution in [0.5, 0.6) is 11.5 Å². The number of ether oxygens (including phenoxy) is 1. The number of fused-ring (bicyclic) bond motifs is 1. The molecule has 3 aromatic carbocycles. The Hall–Kier alpha value is -2.29. The molecule has 4 heteroatoms. The van der Waals surface area contributed by atoms with Crippen LogP contribution in [0.2, 0.25) is 0 Å². The summed E-state index contributed by atoms with van der Waals surface area (Å²) in [5.41, 5.74) is 1.38. The normalized spacial score (nSPS) is 15.1. The number of carbonyl (C=O) groups is 1. The van der Waals surface area contributed by atoms with Gasteiger partial charge in [-0.15, -0.1) is 5.56 Å². The van der Waals surface area contributed by atoms with E-state index in [1.807, 2.05) is 54.6 Å². The molecular weight excluding hydrogens is 320 g/mol. The van der Waals surface area contributed by atoms with Gasteiger partial charge in [-0.25, -0.2) is 24.3 Å². The van der Waals surface area contributed by atoms with Crippen molar-refractivity contribution in [1.29, 1.82) is 0 Å². The number of carbonyl (C=O) groups excluding carboxylic acids is 1. The van der Waals surface area contributed by atoms with Gasteiger partial charge in [-0.2, -0.15) is 30.3 Å². The van der Waals surface area contributed by atoms with Gasteiger partial charge in [0.1, 0.15) is 17.6 Å². The van der Waals surface area contributed by atoms with Crippen molar-refractivity contribution in [2.24, 2.45) is 0 Å². The topological polar surface area (TPSA) is 46.5 Å². The fourth-order valence-corrected chi connectivity index (χ4v) is 2.24. The van der Waals surface area contributed by atoms with Crippen LogP contribution in [0, 0.1) is 0 Å². The van der Waals surface area contributed by atoms with Crippen molar-refractivity contribution >= 4 is 5.78 Å². The summed E-state index contributed by atoms with van der Waals surface area (Å²) in [5, 5.41) is 9.31. The molecule has 1 atom stereocenters. The van der Waals surface area contributed by atoms with Gasteiger partial charge in [-0.05, 0) is 12.1 Å². The van der Waals surface area contributed by atoms with E-state index in [4.69, 9.17) is 4.74 Å². The molecule has 1 heterocycles. The van der Waals surface area contributed by atoms with E-state index in [1.54, 1.807) is 6.07 Å². The minimum Gasteiger partial charge on any atom is -0.508 e. The Balaban J connectivity index is 0.000000253. The first kappa shape index (κ1) is 16.1. The number of rotatable bonds is 1. The van der Waals surface area contributed by atoms with Gasteiger partial charge in [0.25, 0.3) is 0 Å². The Morgan fingerprint density at radius 2 is 1.77 bits per heavy atom. The molecule has 0 aliphatic carbocycles. The van der Waals surface area contributed by atoms with E-state index in [0.717, 1.165) is 5.56 Å². The van der Waals surface area contributed by atoms with Crippen LogP contribution in [-0.4, -0.2) is 10.9 Å². The summed E-state index contributed by atoms with van der Waals surface area (Å²) in [7, 11) is 0. The van der Waals surface area contributed by atoms with Gasteiger partial charge >= 0.3 is 17.1 Å². The molecule has 4 rings (SSSR count). The van der Waals surface area contributed by atoms with Crippen LogP contribution >= 0.6 is 0 Å². The van der Waals surface area contributed by atoms with Crippen LogP contribution in [0.1, 0.15) is 22.0 Å². The molecule has 0 aromatic heterocycles. The maximum atomic E-state index is 12.0. The monoisotopic (exact) mass is 334 g/mol. The second kappa shape index (κ2) is 7.12. The number of aromatic hydroxyl groups is 1. The van der Waals surface area contributed by atoms with E-state index in [-0.39, 0.29) is 28.6 Å². The molecule has 0 saturated heterocycles. The van der Waals surface area contributed by atoms with Crippen LogP contribution in [0.3, 0.4) is 0 Å². The SMILES string of the molecule is O=C1c2ccc(O)cc2OC1[c-]1cccc1.[Fe+2].c1cc[cH-]c1. The van der Waals surface area contributed by atoms with E-state index < -0.39 is 6.10 Å². The Bertz CT molecular complexity index is 698. The van der Waals surface area contributed by atoms with Gasteiger partial charge in [-0.1, -0.05) is 0 Å². The molecule has 1 N–H and O–H groups in total. The van der Waals surface area contributed by atoms with Gasteiger partial charge in [0, 0.05) is 6.07 Å². The summed E-state index contributed by atoms with van der Waals surface area (Å²) >= 11 is 0. The minimum atomic E-state index is -0.563. The third kappa shape index (κ3) is 3.30. The van der Waals surface area contributed by atoms with E-state index in [9.17, 15) is 9.90 Å². The van der Waals surface area contributed by atoms with Crippen LogP contribution in [0.25, 0.3) is 0 Å². The Morgan fingerprint density at radius 3 is 2.36 bits per heavy atom. The first-order chi connectivity index (χ1) is 10.3. The van der Waals surface area contributed by atoms with Crippen molar-refractivity contribution in [2.75, 3.05) is 0 Å². The molecule has 22 heavy (non-hydrogen) atoms. The maximum absolute atomic E-state index is 12.0. The largest absolute Gasteiger partial charge is 2.00 e. The first-order valence-electron chi connectivity index (χ1n) is 6.68. The van der Waals surface area contributed by atoms with Gasteiger partial charge in [0.05, 0.1) is 5.56 Å². The van der Waals surface area contributed by atoms with Crippen molar-refractivity contribution in [3.63, 3.8) is 0 Å². The minimum absolute atomic E-state index is 0. The zero-order valence-electron chi connectivity index (χ0n) is 11.6. The summed E-state index contributed by atoms with van der Waals surface area (Å²) in [6.45, 7) is 0. The zero-order valence-corrected chi connectivity index (χ0v) is 12.7. The maximum Gasteiger partial charge on any atom is 2.00 e. The molecule has 0 fully saturated rings. The van der Waals surface area contributed by atoms with Crippen LogP contribution in [0.4, 0.5) is 0 Å². The van der Waals surface area contributed by atoms with Crippen LogP contribution < -0.4 is 4.74 Å². The molecule has 0 bridgehead atoms. The third-order valence-electron chi connectivity index (χ3n) is 3.26. The van der Waals surface area contributed by atoms with Crippen LogP contribution in [0.15, 0.2) is 72.8 Å². The van der Waals surface area contributed by atoms with Gasteiger partial charge in [-0.3, -0.25) is 4.79 Å². The molecular formula is C18H14FeO3. The van der Waals surface area contributed by atoms with Crippen molar-refractivity contribution in [1.82, 2.24) is 0 Å². The number of hydrogen-bond acceptors (Lipinski definition) is 3. The average Bonchev–Trinajstić information content (AvgIpc) is 3.21. The van der Waals surface area contributed by atoms with E-state index in [2.05, 4.69) is 0 Å². The van der Waals surface area contributed by atoms with Gasteiger partial charge < -0.3 is 9.84 Å². The van der Waals surface area contributed by atoms with E-state index in [0.29, 0.717) is 11.3 Å². The number of ketones is 1. The number of benzene rings is 1. The van der Waals surface area contributed by atoms with Crippen molar-refractivity contribution in [2.45, 2.75) is 6.10 Å². The number of hydrogen-bond donors (Lipinski definition) is 1. The summed E-state index contributed by atoms with van der Waals surface area (Å²) in [6, 6.07) is 22.0. The molecule has 0 saturated carbocycles. The first-order valence-corrected chi connectivity index (χ1v) is 6.68. The Kier molecular flexibility index (Phi) is 5.21. The Labute approximate surface area is 139 Å². The molecule has 0 radical (unpaired) electrons. The smallest absolute Gasteiger partial charge is 0.508 e. The average molecular weight is 334 g/mol. The standard InChI is InChI=1S/C13H9O3.C5H5.Fe/c14-9-5-6-10-11(7-9)16-13(12(10)15)8-3-1-2-4-8;1-2-4-5-3-1;/h1-7,13-14H;1-5H;/q2*-1;+2. The van der Waals surface area contributed by atoms with Gasteiger partial charge in [0.2, 0.25) is 0 Å². The number of phenols is 1. The fraction of sp³-hybridized carbons (Fsp3) is 0.0556. The van der Waals surface area contributed by atoms with Crippen molar-refractivity contribution < 1.29 is 31.7 Å². The van der Waals surface area contributed by atoms with E-state index >= 15 is 0 Å². The van der Waals surface area contributed by atoms with E-state index in [1.165, 1.54) is 12.1 Å². The summed E-state index contributed by atoms with van der Waals surface area (Å²) in [6.07, 6.45) is -0.563. The predicted octanol–water partition coefficient (Wildman–Crippen LogP) is 3.83. The molecule has 0 amide bonds. The molecule has 3 nitrogen and oxygen atoms in total. The summed E-state index contributed by atoms with van der Waals surface area (Å²) in [5.74, 6) is 0.507. The molecule has 3 aromatic rings. The quantitative estimate of drug-likeness (QED) is 0.543. The zero-order chi connectivity index (χ0) is 14.7. The molecule has 1 aliphatic heterocycles. The molecule has 0 spiro atoms. The Morgan fingerprint density at radius 1 is 1.09 bits per heavy atom. The second-order valence-electron chi connectivity index (χ2n) is 4.72. The molecule has 1 unspecified atom stereocenters. The third-order valence-corrected chi connectivity index (χ3v) is 3.26. The van der Waals surface area contributed by atoms with Gasteiger partial charge in [0.15, 0.2) is 5.78 Å².